The molecule has 0 heterocycles. The molecular weight excluding hydrogens is 486 g/mol. The van der Waals surface area contributed by atoms with Crippen LogP contribution in [0.4, 0.5) is 5.69 Å². The second-order valence-corrected chi connectivity index (χ2v) is 11.6. The minimum absolute atomic E-state index is 0.105. The number of carbonyl (C=O) groups is 2. The van der Waals surface area contributed by atoms with Gasteiger partial charge in [-0.15, -0.1) is 0 Å². The summed E-state index contributed by atoms with van der Waals surface area (Å²) in [7, 11) is -3.78. The number of sulfonamides is 1. The molecule has 1 aliphatic rings. The van der Waals surface area contributed by atoms with E-state index in [1.807, 2.05) is 31.2 Å². The number of anilines is 1. The highest BCUT2D eigenvalue weighted by Crippen LogP contribution is 2.23. The lowest BCUT2D eigenvalue weighted by Crippen LogP contribution is -2.52. The van der Waals surface area contributed by atoms with Gasteiger partial charge >= 0.3 is 0 Å². The van der Waals surface area contributed by atoms with Crippen molar-refractivity contribution in [3.8, 4) is 0 Å². The molecular formula is C26H34ClN3O4S. The highest BCUT2D eigenvalue weighted by molar-refractivity contribution is 7.92. The van der Waals surface area contributed by atoms with Gasteiger partial charge in [0.25, 0.3) is 0 Å². The van der Waals surface area contributed by atoms with Crippen molar-refractivity contribution in [3.63, 3.8) is 0 Å². The van der Waals surface area contributed by atoms with E-state index in [9.17, 15) is 18.0 Å². The molecule has 0 bridgehead atoms. The number of carbonyl (C=O) groups excluding carboxylic acids is 2. The maximum absolute atomic E-state index is 13.6. The third-order valence-corrected chi connectivity index (χ3v) is 7.71. The van der Waals surface area contributed by atoms with E-state index in [4.69, 9.17) is 11.6 Å². The summed E-state index contributed by atoms with van der Waals surface area (Å²) in [5.41, 5.74) is 2.19. The largest absolute Gasteiger partial charge is 0.352 e. The van der Waals surface area contributed by atoms with Gasteiger partial charge in [0.1, 0.15) is 12.6 Å². The zero-order valence-electron chi connectivity index (χ0n) is 20.5. The van der Waals surface area contributed by atoms with Crippen LogP contribution in [-0.2, 0) is 26.2 Å². The molecule has 1 aliphatic carbocycles. The lowest BCUT2D eigenvalue weighted by Gasteiger charge is -2.33. The van der Waals surface area contributed by atoms with E-state index in [0.29, 0.717) is 10.7 Å². The van der Waals surface area contributed by atoms with Gasteiger partial charge in [-0.25, -0.2) is 8.42 Å². The standard InChI is InChI=1S/C26H34ClN3O4S/c1-19-9-7-10-21(15-19)17-29(20(2)26(32)28-23-12-5-4-6-13-23)25(31)18-30(35(3,33)34)24-14-8-11-22(27)16-24/h7-11,14-16,20,23H,4-6,12-13,17-18H2,1-3H3,(H,28,32)/t20-/m0/s1. The Kier molecular flexibility index (Phi) is 9.19. The number of hydrogen-bond donors (Lipinski definition) is 1. The van der Waals surface area contributed by atoms with Crippen molar-refractivity contribution in [2.75, 3.05) is 17.1 Å². The van der Waals surface area contributed by atoms with Gasteiger partial charge in [-0.3, -0.25) is 13.9 Å². The molecule has 7 nitrogen and oxygen atoms in total. The second kappa shape index (κ2) is 11.9. The summed E-state index contributed by atoms with van der Waals surface area (Å²) < 4.78 is 26.2. The lowest BCUT2D eigenvalue weighted by molar-refractivity contribution is -0.139. The third kappa shape index (κ3) is 7.70. The maximum Gasteiger partial charge on any atom is 0.244 e. The fraction of sp³-hybridized carbons (Fsp3) is 0.462. The van der Waals surface area contributed by atoms with Gasteiger partial charge in [-0.1, -0.05) is 66.8 Å². The molecule has 0 spiro atoms. The number of rotatable bonds is 9. The molecule has 3 rings (SSSR count). The van der Waals surface area contributed by atoms with Crippen LogP contribution >= 0.6 is 11.6 Å². The lowest BCUT2D eigenvalue weighted by atomic mass is 9.95. The predicted molar refractivity (Wildman–Crippen MR) is 140 cm³/mol. The first kappa shape index (κ1) is 27.0. The normalized spacial score (nSPS) is 15.3. The Morgan fingerprint density at radius 1 is 1.09 bits per heavy atom. The van der Waals surface area contributed by atoms with E-state index in [0.717, 1.165) is 47.4 Å². The van der Waals surface area contributed by atoms with Crippen LogP contribution in [-0.4, -0.2) is 50.0 Å². The monoisotopic (exact) mass is 519 g/mol. The number of nitrogens with zero attached hydrogens (tertiary/aromatic N) is 2. The minimum Gasteiger partial charge on any atom is -0.352 e. The van der Waals surface area contributed by atoms with Crippen molar-refractivity contribution < 1.29 is 18.0 Å². The number of amides is 2. The Labute approximate surface area is 213 Å². The van der Waals surface area contributed by atoms with Crippen molar-refractivity contribution in [3.05, 3.63) is 64.7 Å². The third-order valence-electron chi connectivity index (χ3n) is 6.33. The number of aryl methyl sites for hydroxylation is 1. The van der Waals surface area contributed by atoms with Crippen LogP contribution < -0.4 is 9.62 Å². The first-order valence-electron chi connectivity index (χ1n) is 11.9. The van der Waals surface area contributed by atoms with Crippen LogP contribution in [0.2, 0.25) is 5.02 Å². The average molecular weight is 520 g/mol. The first-order valence-corrected chi connectivity index (χ1v) is 14.2. The number of hydrogen-bond acceptors (Lipinski definition) is 4. The maximum atomic E-state index is 13.6. The Balaban J connectivity index is 1.87. The summed E-state index contributed by atoms with van der Waals surface area (Å²) in [6.07, 6.45) is 6.24. The van der Waals surface area contributed by atoms with E-state index in [-0.39, 0.29) is 18.5 Å². The molecule has 190 valence electrons. The quantitative estimate of drug-likeness (QED) is 0.535. The molecule has 0 saturated heterocycles. The molecule has 9 heteroatoms. The van der Waals surface area contributed by atoms with E-state index in [1.54, 1.807) is 25.1 Å². The van der Waals surface area contributed by atoms with Crippen molar-refractivity contribution in [2.24, 2.45) is 0 Å². The Hall–Kier alpha value is -2.58. The highest BCUT2D eigenvalue weighted by atomic mass is 35.5. The van der Waals surface area contributed by atoms with Gasteiger partial charge in [-0.2, -0.15) is 0 Å². The van der Waals surface area contributed by atoms with E-state index in [1.165, 1.54) is 17.4 Å². The minimum atomic E-state index is -3.78. The van der Waals surface area contributed by atoms with Crippen LogP contribution in [0.3, 0.4) is 0 Å². The SMILES string of the molecule is Cc1cccc(CN(C(=O)CN(c2cccc(Cl)c2)S(C)(=O)=O)[C@@H](C)C(=O)NC2CCCCC2)c1. The molecule has 35 heavy (non-hydrogen) atoms. The molecule has 0 aliphatic heterocycles. The Morgan fingerprint density at radius 3 is 2.40 bits per heavy atom. The molecule has 0 radical (unpaired) electrons. The van der Waals surface area contributed by atoms with Crippen LogP contribution in [0.1, 0.15) is 50.2 Å². The van der Waals surface area contributed by atoms with E-state index < -0.39 is 28.5 Å². The summed E-state index contributed by atoms with van der Waals surface area (Å²) in [4.78, 5) is 28.2. The van der Waals surface area contributed by atoms with Crippen molar-refractivity contribution in [1.82, 2.24) is 10.2 Å². The fourth-order valence-electron chi connectivity index (χ4n) is 4.40. The zero-order chi connectivity index (χ0) is 25.6. The zero-order valence-corrected chi connectivity index (χ0v) is 22.1. The van der Waals surface area contributed by atoms with E-state index in [2.05, 4.69) is 5.32 Å². The highest BCUT2D eigenvalue weighted by Gasteiger charge is 2.31. The molecule has 2 aromatic rings. The average Bonchev–Trinajstić information content (AvgIpc) is 2.80. The van der Waals surface area contributed by atoms with Gasteiger partial charge in [0.2, 0.25) is 21.8 Å². The molecule has 1 N–H and O–H groups in total. The molecule has 1 fully saturated rings. The van der Waals surface area contributed by atoms with Crippen LogP contribution in [0.15, 0.2) is 48.5 Å². The number of halogens is 1. The van der Waals surface area contributed by atoms with Crippen molar-refractivity contribution in [2.45, 2.75) is 64.6 Å². The fourth-order valence-corrected chi connectivity index (χ4v) is 5.43. The van der Waals surface area contributed by atoms with Crippen LogP contribution in [0, 0.1) is 6.92 Å². The first-order chi connectivity index (χ1) is 16.5. The van der Waals surface area contributed by atoms with E-state index >= 15 is 0 Å². The van der Waals surface area contributed by atoms with Gasteiger partial charge in [0.05, 0.1) is 11.9 Å². The van der Waals surface area contributed by atoms with Crippen LogP contribution in [0.5, 0.6) is 0 Å². The summed E-state index contributed by atoms with van der Waals surface area (Å²) in [5, 5.41) is 3.45. The summed E-state index contributed by atoms with van der Waals surface area (Å²) >= 11 is 6.08. The van der Waals surface area contributed by atoms with Crippen molar-refractivity contribution in [1.29, 1.82) is 0 Å². The predicted octanol–water partition coefficient (Wildman–Crippen LogP) is 4.28. The number of nitrogens with one attached hydrogen (secondary N) is 1. The molecule has 1 saturated carbocycles. The molecule has 0 unspecified atom stereocenters. The van der Waals surface area contributed by atoms with Gasteiger partial charge in [0.15, 0.2) is 0 Å². The topological polar surface area (TPSA) is 86.8 Å². The molecule has 2 aromatic carbocycles. The Bertz CT molecular complexity index is 1150. The smallest absolute Gasteiger partial charge is 0.244 e. The molecule has 2 amide bonds. The summed E-state index contributed by atoms with van der Waals surface area (Å²) in [6.45, 7) is 3.40. The summed E-state index contributed by atoms with van der Waals surface area (Å²) in [5.74, 6) is -0.699. The molecule has 1 atom stereocenters. The van der Waals surface area contributed by atoms with Crippen LogP contribution in [0.25, 0.3) is 0 Å². The summed E-state index contributed by atoms with van der Waals surface area (Å²) in [6, 6.07) is 13.4. The van der Waals surface area contributed by atoms with Gasteiger partial charge in [-0.05, 0) is 50.5 Å². The van der Waals surface area contributed by atoms with Gasteiger partial charge in [0, 0.05) is 17.6 Å². The van der Waals surface area contributed by atoms with Crippen molar-refractivity contribution >= 4 is 39.1 Å². The number of benzene rings is 2. The van der Waals surface area contributed by atoms with Gasteiger partial charge < -0.3 is 10.2 Å². The molecule has 0 aromatic heterocycles. The Morgan fingerprint density at radius 2 is 1.77 bits per heavy atom. The second-order valence-electron chi connectivity index (χ2n) is 9.28.